The molecule has 10 aromatic rings. The zero-order valence-corrected chi connectivity index (χ0v) is 25.5. The Hall–Kier alpha value is -5.71. The van der Waals surface area contributed by atoms with Crippen molar-refractivity contribution in [3.05, 3.63) is 152 Å². The summed E-state index contributed by atoms with van der Waals surface area (Å²) in [5.74, 6) is 0. The van der Waals surface area contributed by atoms with Gasteiger partial charge in [-0.25, -0.2) is 0 Å². The average Bonchev–Trinajstić information content (AvgIpc) is 3.75. The first-order chi connectivity index (χ1) is 22.8. The number of para-hydroxylation sites is 5. The Balaban J connectivity index is 1.35. The summed E-state index contributed by atoms with van der Waals surface area (Å²) in [6.07, 6.45) is 0. The first kappa shape index (κ1) is 24.6. The number of aromatic nitrogens is 3. The minimum Gasteiger partial charge on any atom is -0.307 e. The smallest absolute Gasteiger partial charge is 0.0788 e. The van der Waals surface area contributed by atoms with Crippen LogP contribution in [0, 0.1) is 0 Å². The zero-order chi connectivity index (χ0) is 29.9. The van der Waals surface area contributed by atoms with Crippen molar-refractivity contribution in [1.82, 2.24) is 13.7 Å². The summed E-state index contributed by atoms with van der Waals surface area (Å²) in [5.41, 5.74) is 11.0. The van der Waals surface area contributed by atoms with Gasteiger partial charge in [-0.15, -0.1) is 0 Å². The lowest BCUT2D eigenvalue weighted by atomic mass is 10.1. The standard InChI is InChI=1S/C42H25N3S/c1-2-12-26(13-3-1)43-34-17-7-4-14-28(34)31-22-23-32-29-15-5-8-18-35(29)44(42(32)41(31)43)27-24-33-30-16-6-9-19-36(30)45-37-20-10-11-21-38(37)46-39(25-27)40(33)45/h1-25H. The molecule has 0 bridgehead atoms. The Morgan fingerprint density at radius 3 is 1.52 bits per heavy atom. The Kier molecular flexibility index (Phi) is 4.78. The molecule has 214 valence electrons. The molecule has 1 aliphatic rings. The molecule has 0 saturated carbocycles. The van der Waals surface area contributed by atoms with Crippen LogP contribution in [-0.2, 0) is 0 Å². The Bertz CT molecular complexity index is 2890. The van der Waals surface area contributed by atoms with Crippen LogP contribution < -0.4 is 0 Å². The van der Waals surface area contributed by atoms with E-state index in [1.807, 2.05) is 11.8 Å². The Morgan fingerprint density at radius 1 is 0.326 bits per heavy atom. The molecule has 46 heavy (non-hydrogen) atoms. The molecule has 0 amide bonds. The van der Waals surface area contributed by atoms with Gasteiger partial charge < -0.3 is 13.7 Å². The predicted octanol–water partition coefficient (Wildman–Crippen LogP) is 11.4. The maximum Gasteiger partial charge on any atom is 0.0788 e. The van der Waals surface area contributed by atoms with Gasteiger partial charge in [0.05, 0.1) is 38.8 Å². The third-order valence-corrected chi connectivity index (χ3v) is 10.9. The predicted molar refractivity (Wildman–Crippen MR) is 194 cm³/mol. The maximum atomic E-state index is 2.52. The quantitative estimate of drug-likeness (QED) is 0.192. The van der Waals surface area contributed by atoms with E-state index in [1.54, 1.807) is 0 Å². The fraction of sp³-hybridized carbons (Fsp3) is 0. The van der Waals surface area contributed by atoms with Crippen molar-refractivity contribution in [2.24, 2.45) is 0 Å². The lowest BCUT2D eigenvalue weighted by Crippen LogP contribution is -2.03. The minimum atomic E-state index is 1.17. The number of nitrogens with zero attached hydrogens (tertiary/aromatic N) is 3. The van der Waals surface area contributed by atoms with Gasteiger partial charge in [0.15, 0.2) is 0 Å². The van der Waals surface area contributed by atoms with Crippen LogP contribution in [0.3, 0.4) is 0 Å². The fourth-order valence-corrected chi connectivity index (χ4v) is 9.09. The van der Waals surface area contributed by atoms with E-state index < -0.39 is 0 Å². The van der Waals surface area contributed by atoms with Gasteiger partial charge in [-0.3, -0.25) is 0 Å². The second-order valence-corrected chi connectivity index (χ2v) is 13.2. The van der Waals surface area contributed by atoms with Gasteiger partial charge >= 0.3 is 0 Å². The van der Waals surface area contributed by atoms with Gasteiger partial charge in [-0.1, -0.05) is 109 Å². The van der Waals surface area contributed by atoms with E-state index >= 15 is 0 Å². The van der Waals surface area contributed by atoms with Crippen molar-refractivity contribution in [3.63, 3.8) is 0 Å². The number of hydrogen-bond acceptors (Lipinski definition) is 1. The van der Waals surface area contributed by atoms with E-state index in [4.69, 9.17) is 0 Å². The van der Waals surface area contributed by atoms with Crippen molar-refractivity contribution in [2.75, 3.05) is 0 Å². The van der Waals surface area contributed by atoms with Crippen LogP contribution in [-0.4, -0.2) is 13.7 Å². The topological polar surface area (TPSA) is 14.8 Å². The molecule has 11 rings (SSSR count). The highest BCUT2D eigenvalue weighted by molar-refractivity contribution is 7.99. The number of fused-ring (bicyclic) bond motifs is 12. The van der Waals surface area contributed by atoms with Crippen LogP contribution in [0.5, 0.6) is 0 Å². The summed E-state index contributed by atoms with van der Waals surface area (Å²) in [6.45, 7) is 0. The molecule has 1 aliphatic heterocycles. The molecule has 0 unspecified atom stereocenters. The summed E-state index contributed by atoms with van der Waals surface area (Å²) in [4.78, 5) is 2.56. The van der Waals surface area contributed by atoms with E-state index in [1.165, 1.54) is 92.3 Å². The lowest BCUT2D eigenvalue weighted by molar-refractivity contribution is 1.08. The second-order valence-electron chi connectivity index (χ2n) is 12.2. The molecule has 7 aromatic carbocycles. The zero-order valence-electron chi connectivity index (χ0n) is 24.7. The molecular formula is C42H25N3S. The number of hydrogen-bond donors (Lipinski definition) is 0. The third kappa shape index (κ3) is 3.09. The van der Waals surface area contributed by atoms with Crippen molar-refractivity contribution >= 4 is 77.2 Å². The van der Waals surface area contributed by atoms with Gasteiger partial charge in [-0.2, -0.15) is 0 Å². The van der Waals surface area contributed by atoms with Crippen LogP contribution in [0.1, 0.15) is 0 Å². The molecule has 0 saturated heterocycles. The molecule has 0 spiro atoms. The molecule has 3 nitrogen and oxygen atoms in total. The minimum absolute atomic E-state index is 1.17. The summed E-state index contributed by atoms with van der Waals surface area (Å²) in [7, 11) is 0. The molecule has 4 heteroatoms. The average molecular weight is 604 g/mol. The first-order valence-electron chi connectivity index (χ1n) is 15.7. The van der Waals surface area contributed by atoms with Crippen LogP contribution in [0.4, 0.5) is 0 Å². The van der Waals surface area contributed by atoms with Gasteiger partial charge in [0.25, 0.3) is 0 Å². The highest BCUT2D eigenvalue weighted by Gasteiger charge is 2.26. The van der Waals surface area contributed by atoms with Gasteiger partial charge in [0, 0.05) is 53.5 Å². The van der Waals surface area contributed by atoms with E-state index in [9.17, 15) is 0 Å². The summed E-state index contributed by atoms with van der Waals surface area (Å²) in [6, 6.07) is 55.6. The largest absolute Gasteiger partial charge is 0.307 e. The van der Waals surface area contributed by atoms with Crippen molar-refractivity contribution in [2.45, 2.75) is 9.79 Å². The van der Waals surface area contributed by atoms with Gasteiger partial charge in [-0.05, 0) is 54.6 Å². The van der Waals surface area contributed by atoms with Crippen molar-refractivity contribution in [1.29, 1.82) is 0 Å². The SMILES string of the molecule is c1ccc(-n2c3ccccc3c3ccc4c5ccccc5n(-c5cc6c7c(c5)c5ccccc5n7-c5ccccc5S6)c4c32)cc1. The fourth-order valence-electron chi connectivity index (χ4n) is 7.96. The van der Waals surface area contributed by atoms with E-state index in [0.717, 1.165) is 0 Å². The number of rotatable bonds is 2. The molecule has 0 radical (unpaired) electrons. The van der Waals surface area contributed by atoms with Crippen LogP contribution >= 0.6 is 11.8 Å². The Labute approximate surface area is 268 Å². The number of benzene rings is 7. The molecule has 0 fully saturated rings. The van der Waals surface area contributed by atoms with Gasteiger partial charge in [0.2, 0.25) is 0 Å². The van der Waals surface area contributed by atoms with Crippen LogP contribution in [0.25, 0.3) is 82.5 Å². The molecule has 0 atom stereocenters. The van der Waals surface area contributed by atoms with Crippen molar-refractivity contribution in [3.8, 4) is 17.1 Å². The highest BCUT2D eigenvalue weighted by atomic mass is 32.2. The summed E-state index contributed by atoms with van der Waals surface area (Å²) < 4.78 is 7.45. The van der Waals surface area contributed by atoms with E-state index in [2.05, 4.69) is 165 Å². The molecule has 0 N–H and O–H groups in total. The highest BCUT2D eigenvalue weighted by Crippen LogP contribution is 2.49. The van der Waals surface area contributed by atoms with E-state index in [0.29, 0.717) is 0 Å². The summed E-state index contributed by atoms with van der Waals surface area (Å²) >= 11 is 1.88. The first-order valence-corrected chi connectivity index (χ1v) is 16.5. The third-order valence-electron chi connectivity index (χ3n) is 9.79. The molecular weight excluding hydrogens is 579 g/mol. The molecule has 4 heterocycles. The van der Waals surface area contributed by atoms with Crippen LogP contribution in [0.15, 0.2) is 161 Å². The van der Waals surface area contributed by atoms with Crippen molar-refractivity contribution < 1.29 is 0 Å². The molecule has 3 aromatic heterocycles. The maximum absolute atomic E-state index is 2.52. The van der Waals surface area contributed by atoms with Crippen LogP contribution in [0.2, 0.25) is 0 Å². The molecule has 0 aliphatic carbocycles. The normalized spacial score (nSPS) is 12.7. The lowest BCUT2D eigenvalue weighted by Gasteiger charge is -2.21. The summed E-state index contributed by atoms with van der Waals surface area (Å²) in [5, 5.41) is 7.61. The Morgan fingerprint density at radius 2 is 0.848 bits per heavy atom. The van der Waals surface area contributed by atoms with Gasteiger partial charge in [0.1, 0.15) is 0 Å². The van der Waals surface area contributed by atoms with E-state index in [-0.39, 0.29) is 0 Å². The second kappa shape index (κ2) is 8.94. The monoisotopic (exact) mass is 603 g/mol.